The average Bonchev–Trinajstić information content (AvgIpc) is 2.47. The highest BCUT2D eigenvalue weighted by atomic mass is 16.5. The maximum absolute atomic E-state index is 9.71. The molecule has 0 aliphatic rings. The molecule has 21 heavy (non-hydrogen) atoms. The Morgan fingerprint density at radius 1 is 1.38 bits per heavy atom. The zero-order chi connectivity index (χ0) is 15.2. The Balaban J connectivity index is 2.37. The first-order chi connectivity index (χ1) is 10.1. The van der Waals surface area contributed by atoms with Gasteiger partial charge in [0.25, 0.3) is 0 Å². The molecule has 0 aliphatic heterocycles. The van der Waals surface area contributed by atoms with Gasteiger partial charge in [0.2, 0.25) is 0 Å². The summed E-state index contributed by atoms with van der Waals surface area (Å²) in [5, 5.41) is 19.0. The molecule has 0 radical (unpaired) electrons. The Hall–Kier alpha value is -2.34. The molecule has 6 heteroatoms. The van der Waals surface area contributed by atoms with Gasteiger partial charge in [-0.15, -0.1) is 0 Å². The maximum Gasteiger partial charge on any atom is 0.136 e. The average molecular weight is 288 g/mol. The normalized spacial score (nSPS) is 10.7. The van der Waals surface area contributed by atoms with Crippen LogP contribution < -0.4 is 10.6 Å². The molecule has 0 saturated carbocycles. The molecule has 112 valence electrons. The topological polar surface area (TPSA) is 95.5 Å². The van der Waals surface area contributed by atoms with Crippen LogP contribution in [-0.4, -0.2) is 42.7 Å². The third-order valence-corrected chi connectivity index (χ3v) is 3.24. The minimum Gasteiger partial charge on any atom is -0.508 e. The number of nitrogens with zero attached hydrogens (tertiary/aromatic N) is 2. The van der Waals surface area contributed by atoms with Gasteiger partial charge in [-0.25, -0.2) is 4.98 Å². The first-order valence-electron chi connectivity index (χ1n) is 6.76. The summed E-state index contributed by atoms with van der Waals surface area (Å²) in [5.74, 6) is 1.11. The van der Waals surface area contributed by atoms with Gasteiger partial charge >= 0.3 is 0 Å². The largest absolute Gasteiger partial charge is 0.508 e. The zero-order valence-electron chi connectivity index (χ0n) is 12.0. The van der Waals surface area contributed by atoms with Gasteiger partial charge in [0.05, 0.1) is 12.4 Å². The number of nitrogens with two attached hydrogens (primary N) is 1. The van der Waals surface area contributed by atoms with Crippen molar-refractivity contribution >= 4 is 22.4 Å². The molecule has 0 amide bonds. The van der Waals surface area contributed by atoms with Crippen molar-refractivity contribution in [2.24, 2.45) is 5.73 Å². The first kappa shape index (κ1) is 15.1. The van der Waals surface area contributed by atoms with E-state index in [1.165, 1.54) is 0 Å². The number of hydrogen-bond acceptors (Lipinski definition) is 5. The summed E-state index contributed by atoms with van der Waals surface area (Å²) < 4.78 is 5.13. The summed E-state index contributed by atoms with van der Waals surface area (Å²) in [6.45, 7) is 1.78. The zero-order valence-corrected chi connectivity index (χ0v) is 12.0. The Labute approximate surface area is 123 Å². The Morgan fingerprint density at radius 3 is 2.90 bits per heavy atom. The van der Waals surface area contributed by atoms with Crippen LogP contribution in [0.25, 0.3) is 10.8 Å². The Kier molecular flexibility index (Phi) is 4.94. The molecule has 2 rings (SSSR count). The summed E-state index contributed by atoms with van der Waals surface area (Å²) in [5.41, 5.74) is 5.45. The number of benzene rings is 1. The molecule has 0 fully saturated rings. The number of pyridine rings is 1. The van der Waals surface area contributed by atoms with E-state index in [2.05, 4.69) is 4.98 Å². The van der Waals surface area contributed by atoms with Crippen LogP contribution in [0.1, 0.15) is 6.42 Å². The van der Waals surface area contributed by atoms with E-state index in [4.69, 9.17) is 15.9 Å². The number of nitrogens with one attached hydrogen (secondary N) is 1. The van der Waals surface area contributed by atoms with Crippen molar-refractivity contribution in [3.8, 4) is 5.75 Å². The number of fused-ring (bicyclic) bond motifs is 1. The molecule has 0 unspecified atom stereocenters. The van der Waals surface area contributed by atoms with Gasteiger partial charge in [0.1, 0.15) is 11.6 Å². The van der Waals surface area contributed by atoms with Crippen LogP contribution >= 0.6 is 0 Å². The molecule has 0 bridgehead atoms. The number of amidine groups is 1. The predicted octanol–water partition coefficient (Wildman–Crippen LogP) is 1.72. The highest BCUT2D eigenvalue weighted by molar-refractivity contribution is 5.93. The highest BCUT2D eigenvalue weighted by Gasteiger charge is 2.12. The summed E-state index contributed by atoms with van der Waals surface area (Å²) >= 11 is 0. The molecule has 2 aromatic rings. The lowest BCUT2D eigenvalue weighted by molar-refractivity contribution is 0.205. The standard InChI is InChI=1S/C15H20N4O2/c1-21-9-8-19(7-5-14(16)17)15-13-10-12(20)3-2-11(13)4-6-18-15/h2-4,6,10,20H,5,7-9H2,1H3,(H3,16,17). The predicted molar refractivity (Wildman–Crippen MR) is 84.0 cm³/mol. The quantitative estimate of drug-likeness (QED) is 0.532. The summed E-state index contributed by atoms with van der Waals surface area (Å²) in [4.78, 5) is 6.45. The smallest absolute Gasteiger partial charge is 0.136 e. The van der Waals surface area contributed by atoms with E-state index in [1.54, 1.807) is 25.4 Å². The van der Waals surface area contributed by atoms with Gasteiger partial charge in [-0.05, 0) is 23.6 Å². The van der Waals surface area contributed by atoms with Gasteiger partial charge in [-0.2, -0.15) is 0 Å². The van der Waals surface area contributed by atoms with Crippen LogP contribution in [0, 0.1) is 5.41 Å². The van der Waals surface area contributed by atoms with E-state index < -0.39 is 0 Å². The van der Waals surface area contributed by atoms with Crippen molar-refractivity contribution in [3.63, 3.8) is 0 Å². The molecule has 0 atom stereocenters. The molecule has 1 heterocycles. The minimum atomic E-state index is 0.139. The van der Waals surface area contributed by atoms with Crippen molar-refractivity contribution in [2.75, 3.05) is 31.7 Å². The molecular formula is C15H20N4O2. The Morgan fingerprint density at radius 2 is 2.19 bits per heavy atom. The monoisotopic (exact) mass is 288 g/mol. The van der Waals surface area contributed by atoms with Gasteiger partial charge in [0.15, 0.2) is 0 Å². The van der Waals surface area contributed by atoms with E-state index in [-0.39, 0.29) is 11.6 Å². The van der Waals surface area contributed by atoms with Gasteiger partial charge < -0.3 is 20.5 Å². The second kappa shape index (κ2) is 6.90. The maximum atomic E-state index is 9.71. The molecule has 0 aliphatic carbocycles. The number of aromatic nitrogens is 1. The fraction of sp³-hybridized carbons (Fsp3) is 0.333. The molecular weight excluding hydrogens is 268 g/mol. The van der Waals surface area contributed by atoms with Crippen LogP contribution in [0.5, 0.6) is 5.75 Å². The summed E-state index contributed by atoms with van der Waals surface area (Å²) in [6.07, 6.45) is 2.20. The molecule has 0 spiro atoms. The SMILES string of the molecule is COCCN(CCC(=N)N)c1nccc2ccc(O)cc12. The molecule has 6 nitrogen and oxygen atoms in total. The lowest BCUT2D eigenvalue weighted by Crippen LogP contribution is -2.31. The third kappa shape index (κ3) is 3.82. The van der Waals surface area contributed by atoms with E-state index in [1.807, 2.05) is 17.0 Å². The van der Waals surface area contributed by atoms with Crippen molar-refractivity contribution in [2.45, 2.75) is 6.42 Å². The number of anilines is 1. The lowest BCUT2D eigenvalue weighted by Gasteiger charge is -2.24. The fourth-order valence-corrected chi connectivity index (χ4v) is 2.17. The summed E-state index contributed by atoms with van der Waals surface area (Å²) in [7, 11) is 1.64. The minimum absolute atomic E-state index is 0.139. The third-order valence-electron chi connectivity index (χ3n) is 3.24. The second-order valence-corrected chi connectivity index (χ2v) is 4.80. The number of phenolic OH excluding ortho intramolecular Hbond substituents is 1. The number of methoxy groups -OCH3 is 1. The van der Waals surface area contributed by atoms with Gasteiger partial charge in [-0.3, -0.25) is 5.41 Å². The number of aromatic hydroxyl groups is 1. The number of ether oxygens (including phenoxy) is 1. The van der Waals surface area contributed by atoms with E-state index in [0.717, 1.165) is 16.6 Å². The van der Waals surface area contributed by atoms with Gasteiger partial charge in [-0.1, -0.05) is 6.07 Å². The van der Waals surface area contributed by atoms with Crippen molar-refractivity contribution in [3.05, 3.63) is 30.5 Å². The van der Waals surface area contributed by atoms with Crippen molar-refractivity contribution < 1.29 is 9.84 Å². The van der Waals surface area contributed by atoms with Gasteiger partial charge in [0, 0.05) is 38.2 Å². The van der Waals surface area contributed by atoms with Crippen molar-refractivity contribution in [1.29, 1.82) is 5.41 Å². The van der Waals surface area contributed by atoms with Crippen molar-refractivity contribution in [1.82, 2.24) is 4.98 Å². The van der Waals surface area contributed by atoms with Crippen LogP contribution in [-0.2, 0) is 4.74 Å². The fourth-order valence-electron chi connectivity index (χ4n) is 2.17. The number of rotatable bonds is 7. The second-order valence-electron chi connectivity index (χ2n) is 4.80. The van der Waals surface area contributed by atoms with E-state index in [0.29, 0.717) is 26.1 Å². The Bertz CT molecular complexity index is 630. The number of phenols is 1. The van der Waals surface area contributed by atoms with Crippen LogP contribution in [0.2, 0.25) is 0 Å². The molecule has 1 aromatic heterocycles. The first-order valence-corrected chi connectivity index (χ1v) is 6.76. The van der Waals surface area contributed by atoms with Crippen LogP contribution in [0.15, 0.2) is 30.5 Å². The lowest BCUT2D eigenvalue weighted by atomic mass is 10.1. The molecule has 1 aromatic carbocycles. The van der Waals surface area contributed by atoms with Crippen LogP contribution in [0.3, 0.4) is 0 Å². The molecule has 0 saturated heterocycles. The van der Waals surface area contributed by atoms with E-state index >= 15 is 0 Å². The van der Waals surface area contributed by atoms with Crippen LogP contribution in [0.4, 0.5) is 5.82 Å². The number of hydrogen-bond donors (Lipinski definition) is 3. The summed E-state index contributed by atoms with van der Waals surface area (Å²) in [6, 6.07) is 7.11. The van der Waals surface area contributed by atoms with E-state index in [9.17, 15) is 5.11 Å². The molecule has 4 N–H and O–H groups in total. The highest BCUT2D eigenvalue weighted by Crippen LogP contribution is 2.27.